The van der Waals surface area contributed by atoms with E-state index in [-0.39, 0.29) is 5.91 Å². The van der Waals surface area contributed by atoms with E-state index < -0.39 is 5.41 Å². The molecule has 3 aromatic heterocycles. The van der Waals surface area contributed by atoms with Crippen LogP contribution in [0.15, 0.2) is 67.1 Å². The molecule has 4 heterocycles. The second-order valence-corrected chi connectivity index (χ2v) is 10.7. The van der Waals surface area contributed by atoms with E-state index >= 15 is 0 Å². The van der Waals surface area contributed by atoms with Gasteiger partial charge in [-0.3, -0.25) is 19.9 Å². The number of hydrogen-bond acceptors (Lipinski definition) is 6. The number of rotatable bonds is 4. The maximum atomic E-state index is 13.2. The largest absolute Gasteiger partial charge is 0.336 e. The van der Waals surface area contributed by atoms with Gasteiger partial charge in [0.15, 0.2) is 0 Å². The van der Waals surface area contributed by atoms with Gasteiger partial charge in [0, 0.05) is 60.5 Å². The predicted molar refractivity (Wildman–Crippen MR) is 152 cm³/mol. The Kier molecular flexibility index (Phi) is 6.09. The Morgan fingerprint density at radius 1 is 0.949 bits per heavy atom. The number of H-pyrrole nitrogens is 1. The second kappa shape index (κ2) is 9.61. The van der Waals surface area contributed by atoms with Gasteiger partial charge in [-0.2, -0.15) is 10.4 Å². The third-order valence-corrected chi connectivity index (χ3v) is 7.66. The molecule has 1 amide bonds. The van der Waals surface area contributed by atoms with Crippen LogP contribution in [0.4, 0.5) is 0 Å². The smallest absolute Gasteiger partial charge is 0.255 e. The molecule has 2 aromatic carbocycles. The second-order valence-electron chi connectivity index (χ2n) is 10.7. The molecule has 0 bridgehead atoms. The van der Waals surface area contributed by atoms with Crippen LogP contribution in [0.1, 0.15) is 29.8 Å². The number of aromatic nitrogens is 4. The average Bonchev–Trinajstić information content (AvgIpc) is 3.42. The van der Waals surface area contributed by atoms with Gasteiger partial charge in [0.05, 0.1) is 34.3 Å². The number of piperazine rings is 1. The molecule has 1 fully saturated rings. The van der Waals surface area contributed by atoms with Gasteiger partial charge >= 0.3 is 0 Å². The number of pyridine rings is 2. The number of carbonyl (C=O) groups is 1. The third-order valence-electron chi connectivity index (χ3n) is 7.66. The van der Waals surface area contributed by atoms with E-state index in [0.29, 0.717) is 5.56 Å². The van der Waals surface area contributed by atoms with Crippen molar-refractivity contribution in [3.8, 4) is 28.5 Å². The van der Waals surface area contributed by atoms with E-state index in [2.05, 4.69) is 44.2 Å². The summed E-state index contributed by atoms with van der Waals surface area (Å²) in [6, 6.07) is 18.4. The zero-order chi connectivity index (χ0) is 27.1. The average molecular weight is 516 g/mol. The minimum Gasteiger partial charge on any atom is -0.336 e. The highest BCUT2D eigenvalue weighted by atomic mass is 16.2. The molecule has 1 aliphatic heterocycles. The number of carbonyl (C=O) groups excluding carboxylic acids is 1. The lowest BCUT2D eigenvalue weighted by molar-refractivity contribution is 0.0663. The van der Waals surface area contributed by atoms with Gasteiger partial charge in [-0.05, 0) is 50.2 Å². The normalized spacial score (nSPS) is 14.6. The van der Waals surface area contributed by atoms with Crippen LogP contribution in [0.25, 0.3) is 44.2 Å². The zero-order valence-electron chi connectivity index (χ0n) is 22.3. The first-order valence-electron chi connectivity index (χ1n) is 13.1. The molecule has 1 saturated heterocycles. The molecular formula is C31H29N7O. The Bertz CT molecular complexity index is 1740. The minimum atomic E-state index is -0.563. The fourth-order valence-electron chi connectivity index (χ4n) is 5.11. The van der Waals surface area contributed by atoms with E-state index in [1.165, 1.54) is 0 Å². The summed E-state index contributed by atoms with van der Waals surface area (Å²) in [6.45, 7) is 7.01. The molecule has 1 aliphatic rings. The van der Waals surface area contributed by atoms with E-state index in [9.17, 15) is 10.1 Å². The standard InChI is InChI=1S/C31H29N7O/c1-31(2,19-32)24-7-4-20(5-8-24)29-28-25-15-21(6-9-26(25)34-18-27(28)35-36-29)22-14-23(17-33-16-22)30(39)38-12-10-37(3)11-13-38/h4-9,14-18H,10-13H2,1-3H3,(H,35,36). The topological polar surface area (TPSA) is 102 Å². The summed E-state index contributed by atoms with van der Waals surface area (Å²) in [5, 5.41) is 19.2. The van der Waals surface area contributed by atoms with Crippen molar-refractivity contribution in [1.82, 2.24) is 30.0 Å². The Morgan fingerprint density at radius 2 is 1.69 bits per heavy atom. The van der Waals surface area contributed by atoms with Crippen LogP contribution in [0, 0.1) is 11.3 Å². The van der Waals surface area contributed by atoms with Crippen molar-refractivity contribution in [2.45, 2.75) is 19.3 Å². The molecule has 39 heavy (non-hydrogen) atoms. The van der Waals surface area contributed by atoms with Gasteiger partial charge in [0.1, 0.15) is 5.69 Å². The first-order valence-corrected chi connectivity index (χ1v) is 13.1. The molecule has 0 aliphatic carbocycles. The Labute approximate surface area is 226 Å². The predicted octanol–water partition coefficient (Wildman–Crippen LogP) is 5.03. The summed E-state index contributed by atoms with van der Waals surface area (Å²) in [6.07, 6.45) is 5.25. The molecule has 194 valence electrons. The van der Waals surface area contributed by atoms with E-state index in [0.717, 1.165) is 75.9 Å². The van der Waals surface area contributed by atoms with Crippen LogP contribution in [0.2, 0.25) is 0 Å². The van der Waals surface area contributed by atoms with Crippen LogP contribution < -0.4 is 0 Å². The number of likely N-dealkylation sites (N-methyl/N-ethyl adjacent to an activating group) is 1. The van der Waals surface area contributed by atoms with Crippen LogP contribution in [0.5, 0.6) is 0 Å². The van der Waals surface area contributed by atoms with Crippen molar-refractivity contribution < 1.29 is 4.79 Å². The van der Waals surface area contributed by atoms with Gasteiger partial charge in [0.2, 0.25) is 0 Å². The van der Waals surface area contributed by atoms with Gasteiger partial charge in [-0.15, -0.1) is 0 Å². The van der Waals surface area contributed by atoms with Crippen molar-refractivity contribution >= 4 is 27.7 Å². The molecule has 0 unspecified atom stereocenters. The van der Waals surface area contributed by atoms with Gasteiger partial charge in [-0.1, -0.05) is 30.3 Å². The lowest BCUT2D eigenvalue weighted by atomic mass is 9.86. The van der Waals surface area contributed by atoms with Crippen molar-refractivity contribution in [2.75, 3.05) is 33.2 Å². The van der Waals surface area contributed by atoms with Crippen LogP contribution in [0.3, 0.4) is 0 Å². The number of benzene rings is 2. The Hall–Kier alpha value is -4.61. The van der Waals surface area contributed by atoms with E-state index in [1.54, 1.807) is 18.6 Å². The van der Waals surface area contributed by atoms with Crippen LogP contribution in [-0.4, -0.2) is 69.1 Å². The molecular weight excluding hydrogens is 486 g/mol. The van der Waals surface area contributed by atoms with Crippen molar-refractivity contribution in [3.63, 3.8) is 0 Å². The van der Waals surface area contributed by atoms with Gasteiger partial charge in [0.25, 0.3) is 5.91 Å². The number of hydrogen-bond donors (Lipinski definition) is 1. The van der Waals surface area contributed by atoms with Crippen LogP contribution in [-0.2, 0) is 5.41 Å². The van der Waals surface area contributed by atoms with Crippen LogP contribution >= 0.6 is 0 Å². The quantitative estimate of drug-likeness (QED) is 0.360. The first kappa shape index (κ1) is 24.7. The molecule has 0 radical (unpaired) electrons. The SMILES string of the molecule is CN1CCN(C(=O)c2cncc(-c3ccc4ncc5[nH]nc(-c6ccc(C(C)(C)C#N)cc6)c5c4c3)c2)CC1. The molecule has 0 spiro atoms. The lowest BCUT2D eigenvalue weighted by Crippen LogP contribution is -2.47. The van der Waals surface area contributed by atoms with Crippen molar-refractivity contribution in [2.24, 2.45) is 0 Å². The number of nitrogens with zero attached hydrogens (tertiary/aromatic N) is 6. The fraction of sp³-hybridized carbons (Fsp3) is 0.258. The molecule has 1 N–H and O–H groups in total. The summed E-state index contributed by atoms with van der Waals surface area (Å²) in [4.78, 5) is 26.3. The lowest BCUT2D eigenvalue weighted by Gasteiger charge is -2.32. The monoisotopic (exact) mass is 515 g/mol. The summed E-state index contributed by atoms with van der Waals surface area (Å²) in [5.41, 5.74) is 6.30. The zero-order valence-corrected chi connectivity index (χ0v) is 22.3. The molecule has 8 nitrogen and oxygen atoms in total. The van der Waals surface area contributed by atoms with Crippen molar-refractivity contribution in [1.29, 1.82) is 5.26 Å². The van der Waals surface area contributed by atoms with Gasteiger partial charge in [-0.25, -0.2) is 0 Å². The summed E-state index contributed by atoms with van der Waals surface area (Å²) in [7, 11) is 2.07. The van der Waals surface area contributed by atoms with E-state index in [4.69, 9.17) is 0 Å². The number of aromatic amines is 1. The number of nitriles is 1. The Morgan fingerprint density at radius 3 is 2.44 bits per heavy atom. The van der Waals surface area contributed by atoms with Crippen molar-refractivity contribution in [3.05, 3.63) is 78.2 Å². The Balaban J connectivity index is 1.40. The third kappa shape index (κ3) is 4.51. The number of nitrogens with one attached hydrogen (secondary N) is 1. The van der Waals surface area contributed by atoms with E-state index in [1.807, 2.05) is 61.2 Å². The summed E-state index contributed by atoms with van der Waals surface area (Å²) < 4.78 is 0. The highest BCUT2D eigenvalue weighted by Crippen LogP contribution is 2.35. The first-order chi connectivity index (χ1) is 18.8. The minimum absolute atomic E-state index is 0.0161. The molecule has 8 heteroatoms. The maximum Gasteiger partial charge on any atom is 0.255 e. The molecule has 0 saturated carbocycles. The fourth-order valence-corrected chi connectivity index (χ4v) is 5.11. The highest BCUT2D eigenvalue weighted by molar-refractivity contribution is 6.11. The summed E-state index contributed by atoms with van der Waals surface area (Å²) >= 11 is 0. The number of fused-ring (bicyclic) bond motifs is 3. The molecule has 6 rings (SSSR count). The molecule has 0 atom stereocenters. The maximum absolute atomic E-state index is 13.2. The molecule has 5 aromatic rings. The number of amides is 1. The highest BCUT2D eigenvalue weighted by Gasteiger charge is 2.22. The van der Waals surface area contributed by atoms with Gasteiger partial charge < -0.3 is 9.80 Å². The summed E-state index contributed by atoms with van der Waals surface area (Å²) in [5.74, 6) is 0.0161.